The average molecular weight is 234 g/mol. The standard InChI is InChI=1S/C12H14N2O3/c1-14-12(15)7-10(13-14)9-6-8(16-2)4-5-11(9)17-3/h4-6H,7H2,1-3H3. The summed E-state index contributed by atoms with van der Waals surface area (Å²) in [6.45, 7) is 0. The highest BCUT2D eigenvalue weighted by atomic mass is 16.5. The third-order valence-electron chi connectivity index (χ3n) is 2.67. The fourth-order valence-corrected chi connectivity index (χ4v) is 1.72. The fourth-order valence-electron chi connectivity index (χ4n) is 1.72. The van der Waals surface area contributed by atoms with Gasteiger partial charge in [-0.3, -0.25) is 4.79 Å². The summed E-state index contributed by atoms with van der Waals surface area (Å²) in [4.78, 5) is 11.5. The van der Waals surface area contributed by atoms with Gasteiger partial charge in [-0.25, -0.2) is 5.01 Å². The van der Waals surface area contributed by atoms with Gasteiger partial charge in [-0.05, 0) is 18.2 Å². The molecule has 5 nitrogen and oxygen atoms in total. The van der Waals surface area contributed by atoms with Gasteiger partial charge in [-0.15, -0.1) is 0 Å². The molecule has 1 aromatic rings. The van der Waals surface area contributed by atoms with E-state index in [0.717, 1.165) is 5.56 Å². The van der Waals surface area contributed by atoms with Crippen LogP contribution in [0.5, 0.6) is 11.5 Å². The molecule has 5 heteroatoms. The topological polar surface area (TPSA) is 51.1 Å². The Labute approximate surface area is 99.6 Å². The van der Waals surface area contributed by atoms with Gasteiger partial charge in [-0.2, -0.15) is 5.10 Å². The van der Waals surface area contributed by atoms with Gasteiger partial charge in [0, 0.05) is 12.6 Å². The van der Waals surface area contributed by atoms with Gasteiger partial charge in [0.05, 0.1) is 26.4 Å². The Morgan fingerprint density at radius 1 is 1.29 bits per heavy atom. The van der Waals surface area contributed by atoms with Gasteiger partial charge in [0.2, 0.25) is 5.91 Å². The molecule has 0 fully saturated rings. The number of amides is 1. The van der Waals surface area contributed by atoms with Crippen molar-refractivity contribution in [1.82, 2.24) is 5.01 Å². The van der Waals surface area contributed by atoms with Crippen LogP contribution in [0.1, 0.15) is 12.0 Å². The van der Waals surface area contributed by atoms with Crippen molar-refractivity contribution < 1.29 is 14.3 Å². The summed E-state index contributed by atoms with van der Waals surface area (Å²) >= 11 is 0. The van der Waals surface area contributed by atoms with Crippen LogP contribution in [-0.2, 0) is 4.79 Å². The minimum Gasteiger partial charge on any atom is -0.497 e. The SMILES string of the molecule is COc1ccc(OC)c(C2=NN(C)C(=O)C2)c1. The molecule has 1 heterocycles. The van der Waals surface area contributed by atoms with E-state index < -0.39 is 0 Å². The minimum absolute atomic E-state index is 0.0233. The summed E-state index contributed by atoms with van der Waals surface area (Å²) in [5.74, 6) is 1.38. The van der Waals surface area contributed by atoms with Crippen LogP contribution in [-0.4, -0.2) is 37.9 Å². The van der Waals surface area contributed by atoms with Gasteiger partial charge in [0.15, 0.2) is 0 Å². The minimum atomic E-state index is -0.0233. The van der Waals surface area contributed by atoms with E-state index >= 15 is 0 Å². The lowest BCUT2D eigenvalue weighted by atomic mass is 10.1. The van der Waals surface area contributed by atoms with Crippen molar-refractivity contribution in [2.24, 2.45) is 5.10 Å². The van der Waals surface area contributed by atoms with E-state index in [1.165, 1.54) is 5.01 Å². The van der Waals surface area contributed by atoms with Crippen molar-refractivity contribution in [2.45, 2.75) is 6.42 Å². The molecule has 1 amide bonds. The van der Waals surface area contributed by atoms with Crippen molar-refractivity contribution >= 4 is 11.6 Å². The van der Waals surface area contributed by atoms with Crippen molar-refractivity contribution in [3.8, 4) is 11.5 Å². The molecule has 0 bridgehead atoms. The molecule has 1 aromatic carbocycles. The monoisotopic (exact) mass is 234 g/mol. The molecule has 1 aliphatic rings. The molecule has 0 aliphatic carbocycles. The first kappa shape index (κ1) is 11.4. The maximum absolute atomic E-state index is 11.5. The van der Waals surface area contributed by atoms with Crippen LogP contribution in [0.3, 0.4) is 0 Å². The van der Waals surface area contributed by atoms with Crippen molar-refractivity contribution in [1.29, 1.82) is 0 Å². The van der Waals surface area contributed by atoms with Gasteiger partial charge in [0.1, 0.15) is 11.5 Å². The number of nitrogens with zero attached hydrogens (tertiary/aromatic N) is 2. The van der Waals surface area contributed by atoms with E-state index in [4.69, 9.17) is 9.47 Å². The Morgan fingerprint density at radius 3 is 2.59 bits per heavy atom. The first-order chi connectivity index (χ1) is 8.15. The molecule has 2 rings (SSSR count). The molecule has 0 unspecified atom stereocenters. The third-order valence-corrected chi connectivity index (χ3v) is 2.67. The average Bonchev–Trinajstić information content (AvgIpc) is 2.68. The second-order valence-electron chi connectivity index (χ2n) is 3.71. The normalized spacial score (nSPS) is 14.9. The first-order valence-corrected chi connectivity index (χ1v) is 5.22. The highest BCUT2D eigenvalue weighted by molar-refractivity contribution is 6.14. The van der Waals surface area contributed by atoms with Crippen LogP contribution >= 0.6 is 0 Å². The van der Waals surface area contributed by atoms with Gasteiger partial charge in [0.25, 0.3) is 0 Å². The van der Waals surface area contributed by atoms with E-state index in [0.29, 0.717) is 23.6 Å². The number of hydrogen-bond acceptors (Lipinski definition) is 4. The predicted molar refractivity (Wildman–Crippen MR) is 63.5 cm³/mol. The number of carbonyl (C=O) groups is 1. The van der Waals surface area contributed by atoms with Crippen LogP contribution in [0.15, 0.2) is 23.3 Å². The number of rotatable bonds is 3. The van der Waals surface area contributed by atoms with Gasteiger partial charge < -0.3 is 9.47 Å². The molecular formula is C12H14N2O3. The Kier molecular flexibility index (Phi) is 2.99. The molecule has 1 aliphatic heterocycles. The van der Waals surface area contributed by atoms with Crippen LogP contribution in [0.25, 0.3) is 0 Å². The number of benzene rings is 1. The molecule has 90 valence electrons. The number of hydrogen-bond donors (Lipinski definition) is 0. The van der Waals surface area contributed by atoms with Crippen molar-refractivity contribution in [2.75, 3.05) is 21.3 Å². The van der Waals surface area contributed by atoms with E-state index in [1.54, 1.807) is 27.3 Å². The summed E-state index contributed by atoms with van der Waals surface area (Å²) in [6.07, 6.45) is 0.292. The molecule has 0 N–H and O–H groups in total. The summed E-state index contributed by atoms with van der Waals surface area (Å²) in [7, 11) is 4.83. The second-order valence-corrected chi connectivity index (χ2v) is 3.71. The van der Waals surface area contributed by atoms with Crippen molar-refractivity contribution in [3.63, 3.8) is 0 Å². The smallest absolute Gasteiger partial charge is 0.248 e. The fraction of sp³-hybridized carbons (Fsp3) is 0.333. The van der Waals surface area contributed by atoms with Gasteiger partial charge in [-0.1, -0.05) is 0 Å². The number of methoxy groups -OCH3 is 2. The highest BCUT2D eigenvalue weighted by Crippen LogP contribution is 2.27. The zero-order chi connectivity index (χ0) is 12.4. The molecule has 0 saturated heterocycles. The Balaban J connectivity index is 2.43. The Morgan fingerprint density at radius 2 is 2.06 bits per heavy atom. The van der Waals surface area contributed by atoms with Crippen LogP contribution in [0.4, 0.5) is 0 Å². The summed E-state index contributed by atoms with van der Waals surface area (Å²) < 4.78 is 10.4. The second kappa shape index (κ2) is 4.45. The van der Waals surface area contributed by atoms with Crippen LogP contribution in [0, 0.1) is 0 Å². The molecule has 0 radical (unpaired) electrons. The first-order valence-electron chi connectivity index (χ1n) is 5.22. The molecule has 0 aromatic heterocycles. The maximum Gasteiger partial charge on any atom is 0.248 e. The predicted octanol–water partition coefficient (Wildman–Crippen LogP) is 1.27. The molecule has 0 spiro atoms. The molecule has 0 atom stereocenters. The number of hydrazone groups is 1. The maximum atomic E-state index is 11.5. The summed E-state index contributed by atoms with van der Waals surface area (Å²) in [5.41, 5.74) is 1.50. The summed E-state index contributed by atoms with van der Waals surface area (Å²) in [5, 5.41) is 5.53. The van der Waals surface area contributed by atoms with E-state index in [2.05, 4.69) is 5.10 Å². The van der Waals surface area contributed by atoms with E-state index in [1.807, 2.05) is 12.1 Å². The van der Waals surface area contributed by atoms with Crippen LogP contribution in [0.2, 0.25) is 0 Å². The zero-order valence-electron chi connectivity index (χ0n) is 10.1. The molecular weight excluding hydrogens is 220 g/mol. The molecule has 17 heavy (non-hydrogen) atoms. The largest absolute Gasteiger partial charge is 0.497 e. The Hall–Kier alpha value is -2.04. The highest BCUT2D eigenvalue weighted by Gasteiger charge is 2.24. The lowest BCUT2D eigenvalue weighted by Gasteiger charge is -2.09. The third kappa shape index (κ3) is 2.08. The van der Waals surface area contributed by atoms with E-state index in [9.17, 15) is 4.79 Å². The number of carbonyl (C=O) groups excluding carboxylic acids is 1. The zero-order valence-corrected chi connectivity index (χ0v) is 10.1. The lowest BCUT2D eigenvalue weighted by molar-refractivity contribution is -0.127. The van der Waals surface area contributed by atoms with Gasteiger partial charge >= 0.3 is 0 Å². The van der Waals surface area contributed by atoms with Crippen LogP contribution < -0.4 is 9.47 Å². The van der Waals surface area contributed by atoms with E-state index in [-0.39, 0.29) is 5.91 Å². The lowest BCUT2D eigenvalue weighted by Crippen LogP contribution is -2.14. The Bertz CT molecular complexity index is 483. The summed E-state index contributed by atoms with van der Waals surface area (Å²) in [6, 6.07) is 5.44. The number of ether oxygens (including phenoxy) is 2. The molecule has 0 saturated carbocycles. The quantitative estimate of drug-likeness (QED) is 0.791. The van der Waals surface area contributed by atoms with Crippen molar-refractivity contribution in [3.05, 3.63) is 23.8 Å².